The van der Waals surface area contributed by atoms with Crippen LogP contribution in [0.25, 0.3) is 0 Å². The van der Waals surface area contributed by atoms with Crippen molar-refractivity contribution in [2.75, 3.05) is 26.3 Å². The molecule has 0 N–H and O–H groups in total. The van der Waals surface area contributed by atoms with Gasteiger partial charge in [-0.1, -0.05) is 0 Å². The second-order valence-corrected chi connectivity index (χ2v) is 6.20. The number of carbonyl (C=O) groups excluding carboxylic acids is 1. The van der Waals surface area contributed by atoms with Crippen molar-refractivity contribution in [3.63, 3.8) is 0 Å². The highest BCUT2D eigenvalue weighted by Gasteiger charge is 2.31. The van der Waals surface area contributed by atoms with Crippen molar-refractivity contribution < 1.29 is 36.2 Å². The predicted octanol–water partition coefficient (Wildman–Crippen LogP) is 3.90. The smallest absolute Gasteiger partial charge is 0.416 e. The molecule has 3 rings (SSSR count). The van der Waals surface area contributed by atoms with E-state index in [2.05, 4.69) is 0 Å². The Morgan fingerprint density at radius 1 is 1.14 bits per heavy atom. The Kier molecular flexibility index (Phi) is 5.83. The first-order chi connectivity index (χ1) is 13.2. The molecular weight excluding hydrogens is 385 g/mol. The minimum atomic E-state index is -4.47. The number of hydrogen-bond donors (Lipinski definition) is 0. The summed E-state index contributed by atoms with van der Waals surface area (Å²) in [4.78, 5) is 14.0. The SMILES string of the molecule is O=C(c1ccc(C(F)(F)F)cc1)N1CCO[C@H](COc2ccc(F)cc2F)C1. The topological polar surface area (TPSA) is 38.8 Å². The van der Waals surface area contributed by atoms with Crippen LogP contribution in [-0.4, -0.2) is 43.2 Å². The molecule has 1 aliphatic rings. The lowest BCUT2D eigenvalue weighted by atomic mass is 10.1. The molecule has 1 saturated heterocycles. The summed E-state index contributed by atoms with van der Waals surface area (Å²) in [7, 11) is 0. The number of benzene rings is 2. The Balaban J connectivity index is 1.60. The van der Waals surface area contributed by atoms with Gasteiger partial charge in [0.05, 0.1) is 18.7 Å². The number of alkyl halides is 3. The van der Waals surface area contributed by atoms with Gasteiger partial charge < -0.3 is 14.4 Å². The zero-order valence-electron chi connectivity index (χ0n) is 14.5. The zero-order chi connectivity index (χ0) is 20.3. The molecule has 1 heterocycles. The number of amides is 1. The standard InChI is InChI=1S/C19H16F5NO3/c20-14-5-6-17(16(21)9-14)28-11-15-10-25(7-8-27-15)18(26)12-1-3-13(4-2-12)19(22,23)24/h1-6,9,15H,7-8,10-11H2/t15-/m0/s1. The number of nitrogens with zero attached hydrogens (tertiary/aromatic N) is 1. The Labute approximate surface area is 157 Å². The fourth-order valence-corrected chi connectivity index (χ4v) is 2.76. The molecular formula is C19H16F5NO3. The van der Waals surface area contributed by atoms with Crippen molar-refractivity contribution in [1.29, 1.82) is 0 Å². The average molecular weight is 401 g/mol. The number of halogens is 5. The maximum Gasteiger partial charge on any atom is 0.416 e. The molecule has 1 amide bonds. The molecule has 1 aliphatic heterocycles. The Morgan fingerprint density at radius 2 is 1.86 bits per heavy atom. The summed E-state index contributed by atoms with van der Waals surface area (Å²) < 4.78 is 75.2. The van der Waals surface area contributed by atoms with Crippen molar-refractivity contribution in [1.82, 2.24) is 4.90 Å². The maximum atomic E-state index is 13.6. The first kappa shape index (κ1) is 20.1. The number of morpholine rings is 1. The quantitative estimate of drug-likeness (QED) is 0.730. The van der Waals surface area contributed by atoms with Crippen molar-refractivity contribution in [3.05, 3.63) is 65.2 Å². The normalized spacial score (nSPS) is 17.5. The van der Waals surface area contributed by atoms with Gasteiger partial charge in [-0.05, 0) is 36.4 Å². The van der Waals surface area contributed by atoms with Crippen LogP contribution in [0.5, 0.6) is 5.75 Å². The maximum absolute atomic E-state index is 13.6. The largest absolute Gasteiger partial charge is 0.488 e. The number of carbonyl (C=O) groups is 1. The van der Waals surface area contributed by atoms with Gasteiger partial charge in [-0.3, -0.25) is 4.79 Å². The van der Waals surface area contributed by atoms with Crippen LogP contribution in [-0.2, 0) is 10.9 Å². The summed E-state index contributed by atoms with van der Waals surface area (Å²) >= 11 is 0. The third kappa shape index (κ3) is 4.78. The highest BCUT2D eigenvalue weighted by molar-refractivity contribution is 5.94. The van der Waals surface area contributed by atoms with Crippen molar-refractivity contribution in [3.8, 4) is 5.75 Å². The van der Waals surface area contributed by atoms with Crippen LogP contribution in [0.3, 0.4) is 0 Å². The lowest BCUT2D eigenvalue weighted by Gasteiger charge is -2.33. The molecule has 1 atom stereocenters. The number of rotatable bonds is 4. The van der Waals surface area contributed by atoms with Gasteiger partial charge in [-0.25, -0.2) is 8.78 Å². The van der Waals surface area contributed by atoms with Gasteiger partial charge in [0.15, 0.2) is 11.6 Å². The van der Waals surface area contributed by atoms with E-state index in [-0.39, 0.29) is 37.6 Å². The first-order valence-corrected chi connectivity index (χ1v) is 8.40. The second kappa shape index (κ2) is 8.14. The van der Waals surface area contributed by atoms with Crippen LogP contribution in [0.1, 0.15) is 15.9 Å². The van der Waals surface area contributed by atoms with Crippen molar-refractivity contribution >= 4 is 5.91 Å². The van der Waals surface area contributed by atoms with E-state index in [1.165, 1.54) is 4.90 Å². The Morgan fingerprint density at radius 3 is 2.50 bits per heavy atom. The highest BCUT2D eigenvalue weighted by Crippen LogP contribution is 2.29. The van der Waals surface area contributed by atoms with Gasteiger partial charge in [0.25, 0.3) is 5.91 Å². The van der Waals surface area contributed by atoms with Gasteiger partial charge in [-0.2, -0.15) is 13.2 Å². The molecule has 0 aromatic heterocycles. The van der Waals surface area contributed by atoms with E-state index in [1.54, 1.807) is 0 Å². The van der Waals surface area contributed by atoms with E-state index < -0.39 is 35.4 Å². The Hall–Kier alpha value is -2.68. The molecule has 150 valence electrons. The van der Waals surface area contributed by atoms with E-state index in [0.717, 1.165) is 36.4 Å². The lowest BCUT2D eigenvalue weighted by Crippen LogP contribution is -2.47. The molecule has 4 nitrogen and oxygen atoms in total. The fraction of sp³-hybridized carbons (Fsp3) is 0.316. The number of ether oxygens (including phenoxy) is 2. The first-order valence-electron chi connectivity index (χ1n) is 8.40. The third-order valence-corrected chi connectivity index (χ3v) is 4.20. The molecule has 0 radical (unpaired) electrons. The molecule has 0 saturated carbocycles. The van der Waals surface area contributed by atoms with Gasteiger partial charge in [0.2, 0.25) is 0 Å². The molecule has 1 fully saturated rings. The Bertz CT molecular complexity index is 838. The summed E-state index contributed by atoms with van der Waals surface area (Å²) in [6, 6.07) is 6.86. The molecule has 9 heteroatoms. The van der Waals surface area contributed by atoms with Crippen LogP contribution in [0.15, 0.2) is 42.5 Å². The number of hydrogen-bond acceptors (Lipinski definition) is 3. The van der Waals surface area contributed by atoms with Crippen molar-refractivity contribution in [2.45, 2.75) is 12.3 Å². The summed E-state index contributed by atoms with van der Waals surface area (Å²) in [5, 5.41) is 0. The van der Waals surface area contributed by atoms with Gasteiger partial charge in [0.1, 0.15) is 18.5 Å². The molecule has 0 aliphatic carbocycles. The van der Waals surface area contributed by atoms with Gasteiger partial charge in [-0.15, -0.1) is 0 Å². The van der Waals surface area contributed by atoms with E-state index in [4.69, 9.17) is 9.47 Å². The third-order valence-electron chi connectivity index (χ3n) is 4.20. The van der Waals surface area contributed by atoms with Crippen LogP contribution in [0.2, 0.25) is 0 Å². The van der Waals surface area contributed by atoms with E-state index in [1.807, 2.05) is 0 Å². The van der Waals surface area contributed by atoms with E-state index in [9.17, 15) is 26.7 Å². The van der Waals surface area contributed by atoms with Crippen LogP contribution in [0, 0.1) is 11.6 Å². The van der Waals surface area contributed by atoms with Crippen LogP contribution < -0.4 is 4.74 Å². The minimum absolute atomic E-state index is 0.0701. The predicted molar refractivity (Wildman–Crippen MR) is 88.9 cm³/mol. The van der Waals surface area contributed by atoms with E-state index >= 15 is 0 Å². The monoisotopic (exact) mass is 401 g/mol. The van der Waals surface area contributed by atoms with Crippen molar-refractivity contribution in [2.24, 2.45) is 0 Å². The van der Waals surface area contributed by atoms with E-state index in [0.29, 0.717) is 6.07 Å². The summed E-state index contributed by atoms with van der Waals surface area (Å²) in [6.45, 7) is 0.523. The lowest BCUT2D eigenvalue weighted by molar-refractivity contribution is -0.137. The second-order valence-electron chi connectivity index (χ2n) is 6.20. The molecule has 0 unspecified atom stereocenters. The molecule has 2 aromatic carbocycles. The van der Waals surface area contributed by atoms with Gasteiger partial charge in [0, 0.05) is 18.2 Å². The fourth-order valence-electron chi connectivity index (χ4n) is 2.76. The summed E-state index contributed by atoms with van der Waals surface area (Å²) in [5.41, 5.74) is -0.710. The summed E-state index contributed by atoms with van der Waals surface area (Å²) in [5.74, 6) is -2.16. The minimum Gasteiger partial charge on any atom is -0.488 e. The molecule has 28 heavy (non-hydrogen) atoms. The zero-order valence-corrected chi connectivity index (χ0v) is 14.5. The molecule has 0 bridgehead atoms. The van der Waals surface area contributed by atoms with Crippen LogP contribution in [0.4, 0.5) is 22.0 Å². The van der Waals surface area contributed by atoms with Gasteiger partial charge >= 0.3 is 6.18 Å². The molecule has 0 spiro atoms. The highest BCUT2D eigenvalue weighted by atomic mass is 19.4. The van der Waals surface area contributed by atoms with Crippen LogP contribution >= 0.6 is 0 Å². The molecule has 2 aromatic rings. The average Bonchev–Trinajstić information content (AvgIpc) is 2.66. The summed E-state index contributed by atoms with van der Waals surface area (Å²) in [6.07, 6.45) is -5.03.